The van der Waals surface area contributed by atoms with Crippen LogP contribution in [0.25, 0.3) is 22.8 Å². The fraction of sp³-hybridized carbons (Fsp3) is 0.231. The second-order valence-electron chi connectivity index (χ2n) is 8.50. The van der Waals surface area contributed by atoms with Crippen molar-refractivity contribution in [1.82, 2.24) is 15.0 Å². The van der Waals surface area contributed by atoms with Crippen molar-refractivity contribution in [2.45, 2.75) is 13.5 Å². The Morgan fingerprint density at radius 1 is 0.943 bits per heavy atom. The second kappa shape index (κ2) is 10.7. The number of anilines is 1. The molecule has 4 aromatic rings. The minimum absolute atomic E-state index is 0. The smallest absolute Gasteiger partial charge is 0.293 e. The van der Waals surface area contributed by atoms with E-state index in [4.69, 9.17) is 4.52 Å². The molecule has 0 spiro atoms. The van der Waals surface area contributed by atoms with Crippen molar-refractivity contribution < 1.29 is 9.45 Å². The number of nitro benzene ring substituents is 1. The predicted molar refractivity (Wildman–Crippen MR) is 138 cm³/mol. The highest BCUT2D eigenvalue weighted by molar-refractivity contribution is 5.85. The molecule has 1 aliphatic heterocycles. The number of nitro groups is 1. The number of hydrogen-bond donors (Lipinski definition) is 0. The van der Waals surface area contributed by atoms with Gasteiger partial charge < -0.3 is 9.42 Å². The molecule has 2 heterocycles. The van der Waals surface area contributed by atoms with Crippen LogP contribution in [0.4, 0.5) is 11.4 Å². The maximum absolute atomic E-state index is 11.9. The molecule has 1 aliphatic rings. The van der Waals surface area contributed by atoms with Crippen LogP contribution in [0.15, 0.2) is 77.3 Å². The van der Waals surface area contributed by atoms with Gasteiger partial charge in [-0.05, 0) is 30.7 Å². The van der Waals surface area contributed by atoms with E-state index in [1.807, 2.05) is 55.5 Å². The van der Waals surface area contributed by atoms with E-state index in [9.17, 15) is 10.1 Å². The maximum atomic E-state index is 11.9. The van der Waals surface area contributed by atoms with Gasteiger partial charge in [-0.3, -0.25) is 15.0 Å². The van der Waals surface area contributed by atoms with Crippen LogP contribution in [-0.2, 0) is 6.54 Å². The van der Waals surface area contributed by atoms with Gasteiger partial charge in [-0.25, -0.2) is 0 Å². The summed E-state index contributed by atoms with van der Waals surface area (Å²) in [4.78, 5) is 20.5. The third-order valence-electron chi connectivity index (χ3n) is 6.08. The van der Waals surface area contributed by atoms with Gasteiger partial charge in [0.25, 0.3) is 11.6 Å². The maximum Gasteiger partial charge on any atom is 0.293 e. The first-order chi connectivity index (χ1) is 16.6. The number of nitrogens with zero attached hydrogens (tertiary/aromatic N) is 5. The second-order valence-corrected chi connectivity index (χ2v) is 8.50. The molecule has 0 bridgehead atoms. The topological polar surface area (TPSA) is 88.5 Å². The van der Waals surface area contributed by atoms with Gasteiger partial charge >= 0.3 is 0 Å². The standard InChI is InChI=1S/C26H25N5O3.ClH/c1-19-6-5-9-21(16-19)25-27-26(34-28-25)22-10-11-23(24(17-22)31(32)33)30-14-12-29(13-15-30)18-20-7-3-2-4-8-20;/h2-11,16-17H,12-15,18H2,1H3;1H. The summed E-state index contributed by atoms with van der Waals surface area (Å²) in [6.07, 6.45) is 0. The molecule has 35 heavy (non-hydrogen) atoms. The van der Waals surface area contributed by atoms with E-state index in [1.54, 1.807) is 6.07 Å². The summed E-state index contributed by atoms with van der Waals surface area (Å²) in [5.74, 6) is 0.721. The van der Waals surface area contributed by atoms with E-state index in [2.05, 4.69) is 32.1 Å². The lowest BCUT2D eigenvalue weighted by molar-refractivity contribution is -0.384. The van der Waals surface area contributed by atoms with Crippen LogP contribution in [0, 0.1) is 17.0 Å². The molecule has 5 rings (SSSR count). The highest BCUT2D eigenvalue weighted by atomic mass is 35.5. The first kappa shape index (κ1) is 24.4. The van der Waals surface area contributed by atoms with Gasteiger partial charge in [-0.15, -0.1) is 12.4 Å². The zero-order valence-electron chi connectivity index (χ0n) is 19.3. The molecule has 0 atom stereocenters. The molecule has 3 aromatic carbocycles. The summed E-state index contributed by atoms with van der Waals surface area (Å²) in [6, 6.07) is 23.3. The van der Waals surface area contributed by atoms with E-state index < -0.39 is 0 Å². The fourth-order valence-electron chi connectivity index (χ4n) is 4.30. The molecule has 0 radical (unpaired) electrons. The van der Waals surface area contributed by atoms with Crippen molar-refractivity contribution in [3.63, 3.8) is 0 Å². The van der Waals surface area contributed by atoms with Crippen LogP contribution >= 0.6 is 12.4 Å². The van der Waals surface area contributed by atoms with Crippen molar-refractivity contribution in [2.75, 3.05) is 31.1 Å². The summed E-state index contributed by atoms with van der Waals surface area (Å²) in [5.41, 5.74) is 4.40. The number of aryl methyl sites for hydroxylation is 1. The van der Waals surface area contributed by atoms with Gasteiger partial charge in [0, 0.05) is 49.9 Å². The Balaban J connectivity index is 0.00000289. The van der Waals surface area contributed by atoms with Crippen molar-refractivity contribution in [2.24, 2.45) is 0 Å². The van der Waals surface area contributed by atoms with Gasteiger partial charge in [-0.2, -0.15) is 4.98 Å². The number of benzene rings is 3. The van der Waals surface area contributed by atoms with Gasteiger partial charge in [0.05, 0.1) is 4.92 Å². The molecular weight excluding hydrogens is 466 g/mol. The molecule has 0 amide bonds. The normalized spacial score (nSPS) is 13.9. The summed E-state index contributed by atoms with van der Waals surface area (Å²) < 4.78 is 5.43. The SMILES string of the molecule is Cc1cccc(-c2noc(-c3ccc(N4CCN(Cc5ccccc5)CC4)c([N+](=O)[O-])c3)n2)c1.Cl. The van der Waals surface area contributed by atoms with Gasteiger partial charge in [0.15, 0.2) is 0 Å². The average molecular weight is 492 g/mol. The quantitative estimate of drug-likeness (QED) is 0.265. The lowest BCUT2D eigenvalue weighted by atomic mass is 10.1. The molecule has 1 fully saturated rings. The number of hydrogen-bond acceptors (Lipinski definition) is 7. The van der Waals surface area contributed by atoms with Crippen molar-refractivity contribution in [3.05, 3.63) is 94.0 Å². The Morgan fingerprint density at radius 3 is 2.43 bits per heavy atom. The largest absolute Gasteiger partial charge is 0.363 e. The van der Waals surface area contributed by atoms with Crippen molar-refractivity contribution >= 4 is 23.8 Å². The lowest BCUT2D eigenvalue weighted by Gasteiger charge is -2.35. The molecule has 1 saturated heterocycles. The number of rotatable bonds is 6. The Kier molecular flexibility index (Phi) is 7.43. The number of aromatic nitrogens is 2. The van der Waals surface area contributed by atoms with E-state index in [-0.39, 0.29) is 28.9 Å². The Bertz CT molecular complexity index is 1300. The third kappa shape index (κ3) is 5.50. The highest BCUT2D eigenvalue weighted by Gasteiger charge is 2.25. The van der Waals surface area contributed by atoms with Crippen LogP contribution in [0.2, 0.25) is 0 Å². The molecule has 180 valence electrons. The van der Waals surface area contributed by atoms with Crippen molar-refractivity contribution in [3.8, 4) is 22.8 Å². The molecule has 0 N–H and O–H groups in total. The summed E-state index contributed by atoms with van der Waals surface area (Å²) in [7, 11) is 0. The van der Waals surface area contributed by atoms with Crippen LogP contribution in [0.3, 0.4) is 0 Å². The Morgan fingerprint density at radius 2 is 1.71 bits per heavy atom. The van der Waals surface area contributed by atoms with Crippen LogP contribution in [0.1, 0.15) is 11.1 Å². The summed E-state index contributed by atoms with van der Waals surface area (Å²) in [6.45, 7) is 6.02. The zero-order valence-corrected chi connectivity index (χ0v) is 20.1. The van der Waals surface area contributed by atoms with Gasteiger partial charge in [0.2, 0.25) is 5.82 Å². The molecule has 0 saturated carbocycles. The van der Waals surface area contributed by atoms with E-state index in [0.717, 1.165) is 43.9 Å². The first-order valence-corrected chi connectivity index (χ1v) is 11.3. The Labute approximate surface area is 209 Å². The molecule has 1 aromatic heterocycles. The molecule has 9 heteroatoms. The first-order valence-electron chi connectivity index (χ1n) is 11.3. The van der Waals surface area contributed by atoms with E-state index in [0.29, 0.717) is 17.1 Å². The van der Waals surface area contributed by atoms with Crippen molar-refractivity contribution in [1.29, 1.82) is 0 Å². The van der Waals surface area contributed by atoms with Crippen LogP contribution < -0.4 is 4.90 Å². The monoisotopic (exact) mass is 491 g/mol. The van der Waals surface area contributed by atoms with Gasteiger partial charge in [0.1, 0.15) is 5.69 Å². The zero-order chi connectivity index (χ0) is 23.5. The summed E-state index contributed by atoms with van der Waals surface area (Å²) >= 11 is 0. The number of halogens is 1. The molecule has 8 nitrogen and oxygen atoms in total. The average Bonchev–Trinajstić information content (AvgIpc) is 3.35. The predicted octanol–water partition coefficient (Wildman–Crippen LogP) is 5.36. The minimum atomic E-state index is -0.340. The number of piperazine rings is 1. The fourth-order valence-corrected chi connectivity index (χ4v) is 4.30. The van der Waals surface area contributed by atoms with Gasteiger partial charge in [-0.1, -0.05) is 59.3 Å². The lowest BCUT2D eigenvalue weighted by Crippen LogP contribution is -2.46. The molecule has 0 aliphatic carbocycles. The minimum Gasteiger partial charge on any atom is -0.363 e. The third-order valence-corrected chi connectivity index (χ3v) is 6.08. The van der Waals surface area contributed by atoms with E-state index >= 15 is 0 Å². The molecule has 0 unspecified atom stereocenters. The van der Waals surface area contributed by atoms with Crippen LogP contribution in [-0.4, -0.2) is 46.1 Å². The van der Waals surface area contributed by atoms with Crippen LogP contribution in [0.5, 0.6) is 0 Å². The molecular formula is C26H26ClN5O3. The summed E-state index contributed by atoms with van der Waals surface area (Å²) in [5, 5.41) is 16.0. The Hall–Kier alpha value is -3.75. The van der Waals surface area contributed by atoms with E-state index in [1.165, 1.54) is 11.6 Å². The highest BCUT2D eigenvalue weighted by Crippen LogP contribution is 2.34.